The van der Waals surface area contributed by atoms with E-state index in [0.29, 0.717) is 18.8 Å². The van der Waals surface area contributed by atoms with Crippen LogP contribution in [-0.2, 0) is 16.6 Å². The monoisotopic (exact) mass is 295 g/mol. The Morgan fingerprint density at radius 3 is 2.60 bits per heavy atom. The summed E-state index contributed by atoms with van der Waals surface area (Å²) < 4.78 is 28.9. The van der Waals surface area contributed by atoms with Crippen molar-refractivity contribution in [3.05, 3.63) is 23.8 Å². The topological polar surface area (TPSA) is 66.6 Å². The lowest BCUT2D eigenvalue weighted by Gasteiger charge is -2.33. The summed E-state index contributed by atoms with van der Waals surface area (Å²) >= 11 is 0. The lowest BCUT2D eigenvalue weighted by Crippen LogP contribution is -2.48. The van der Waals surface area contributed by atoms with Gasteiger partial charge in [-0.15, -0.1) is 0 Å². The van der Waals surface area contributed by atoms with Gasteiger partial charge in [0, 0.05) is 24.8 Å². The van der Waals surface area contributed by atoms with Gasteiger partial charge < -0.3 is 5.73 Å². The minimum atomic E-state index is -3.41. The van der Waals surface area contributed by atoms with Crippen LogP contribution in [0.5, 0.6) is 0 Å². The second-order valence-electron chi connectivity index (χ2n) is 5.70. The number of rotatable bonds is 2. The van der Waals surface area contributed by atoms with Gasteiger partial charge in [-0.3, -0.25) is 4.31 Å². The molecule has 2 N–H and O–H groups in total. The summed E-state index contributed by atoms with van der Waals surface area (Å²) in [6.07, 6.45) is 3.76. The van der Waals surface area contributed by atoms with E-state index in [-0.39, 0.29) is 6.04 Å². The first kappa shape index (κ1) is 13.7. The van der Waals surface area contributed by atoms with Crippen LogP contribution in [0, 0.1) is 0 Å². The molecule has 2 heterocycles. The van der Waals surface area contributed by atoms with E-state index in [1.807, 2.05) is 19.1 Å². The first-order valence-electron chi connectivity index (χ1n) is 7.18. The van der Waals surface area contributed by atoms with Crippen molar-refractivity contribution in [1.82, 2.24) is 4.31 Å². The smallest absolute Gasteiger partial charge is 0.304 e. The van der Waals surface area contributed by atoms with E-state index in [4.69, 9.17) is 5.73 Å². The molecule has 0 spiro atoms. The van der Waals surface area contributed by atoms with Crippen LogP contribution < -0.4 is 10.0 Å². The zero-order chi connectivity index (χ0) is 14.3. The Labute approximate surface area is 120 Å². The number of hydrogen-bond acceptors (Lipinski definition) is 3. The van der Waals surface area contributed by atoms with Crippen LogP contribution >= 0.6 is 0 Å². The molecule has 1 aromatic carbocycles. The van der Waals surface area contributed by atoms with Crippen molar-refractivity contribution in [1.29, 1.82) is 0 Å². The highest BCUT2D eigenvalue weighted by Crippen LogP contribution is 2.37. The zero-order valence-corrected chi connectivity index (χ0v) is 12.6. The summed E-state index contributed by atoms with van der Waals surface area (Å²) in [6, 6.07) is 5.45. The quantitative estimate of drug-likeness (QED) is 0.845. The van der Waals surface area contributed by atoms with E-state index in [0.717, 1.165) is 36.9 Å². The van der Waals surface area contributed by atoms with Gasteiger partial charge in [-0.05, 0) is 49.9 Å². The molecule has 1 unspecified atom stereocenters. The lowest BCUT2D eigenvalue weighted by atomic mass is 10.1. The third kappa shape index (κ3) is 2.16. The van der Waals surface area contributed by atoms with E-state index in [1.54, 1.807) is 14.7 Å². The predicted octanol–water partition coefficient (Wildman–Crippen LogP) is 1.75. The fourth-order valence-corrected chi connectivity index (χ4v) is 5.12. The Morgan fingerprint density at radius 2 is 1.90 bits per heavy atom. The molecule has 110 valence electrons. The SMILES string of the molecule is CC1Cc2cc(N)ccc2N1S(=O)(=O)N1CCCCC1. The summed E-state index contributed by atoms with van der Waals surface area (Å²) in [6.45, 7) is 3.23. The number of nitrogens with two attached hydrogens (primary N) is 1. The molecule has 0 radical (unpaired) electrons. The molecule has 1 atom stereocenters. The van der Waals surface area contributed by atoms with Crippen LogP contribution in [0.1, 0.15) is 31.7 Å². The van der Waals surface area contributed by atoms with E-state index < -0.39 is 10.2 Å². The van der Waals surface area contributed by atoms with Crippen LogP contribution in [0.25, 0.3) is 0 Å². The summed E-state index contributed by atoms with van der Waals surface area (Å²) in [5.74, 6) is 0. The molecule has 2 aliphatic rings. The molecule has 2 aliphatic heterocycles. The van der Waals surface area contributed by atoms with Gasteiger partial charge in [0.2, 0.25) is 0 Å². The Kier molecular flexibility index (Phi) is 3.38. The van der Waals surface area contributed by atoms with E-state index in [9.17, 15) is 8.42 Å². The van der Waals surface area contributed by atoms with Gasteiger partial charge >= 0.3 is 10.2 Å². The van der Waals surface area contributed by atoms with Gasteiger partial charge in [-0.1, -0.05) is 6.42 Å². The first-order chi connectivity index (χ1) is 9.50. The summed E-state index contributed by atoms with van der Waals surface area (Å²) in [7, 11) is -3.41. The number of fused-ring (bicyclic) bond motifs is 1. The minimum Gasteiger partial charge on any atom is -0.399 e. The Bertz CT molecular complexity index is 609. The standard InChI is InChI=1S/C14H21N3O2S/c1-11-9-12-10-13(15)5-6-14(12)17(11)20(18,19)16-7-3-2-4-8-16/h5-6,10-11H,2-4,7-9,15H2,1H3. The van der Waals surface area contributed by atoms with Gasteiger partial charge in [0.25, 0.3) is 0 Å². The fraction of sp³-hybridized carbons (Fsp3) is 0.571. The van der Waals surface area contributed by atoms with Crippen LogP contribution in [-0.4, -0.2) is 31.9 Å². The van der Waals surface area contributed by atoms with Gasteiger partial charge in [0.05, 0.1) is 5.69 Å². The molecule has 3 rings (SSSR count). The molecular formula is C14H21N3O2S. The second kappa shape index (κ2) is 4.93. The van der Waals surface area contributed by atoms with Gasteiger partial charge in [-0.25, -0.2) is 0 Å². The van der Waals surface area contributed by atoms with Crippen molar-refractivity contribution in [3.63, 3.8) is 0 Å². The first-order valence-corrected chi connectivity index (χ1v) is 8.58. The molecule has 0 bridgehead atoms. The summed E-state index contributed by atoms with van der Waals surface area (Å²) in [4.78, 5) is 0. The number of benzene rings is 1. The minimum absolute atomic E-state index is 0.0428. The largest absolute Gasteiger partial charge is 0.399 e. The van der Waals surface area contributed by atoms with Crippen molar-refractivity contribution in [2.24, 2.45) is 0 Å². The van der Waals surface area contributed by atoms with Crippen molar-refractivity contribution in [3.8, 4) is 0 Å². The molecule has 0 aliphatic carbocycles. The third-order valence-electron chi connectivity index (χ3n) is 4.15. The van der Waals surface area contributed by atoms with Crippen LogP contribution in [0.4, 0.5) is 11.4 Å². The van der Waals surface area contributed by atoms with Crippen LogP contribution in [0.15, 0.2) is 18.2 Å². The Morgan fingerprint density at radius 1 is 1.20 bits per heavy atom. The van der Waals surface area contributed by atoms with Crippen LogP contribution in [0.3, 0.4) is 0 Å². The molecule has 0 saturated carbocycles. The molecule has 1 fully saturated rings. The van der Waals surface area contributed by atoms with Gasteiger partial charge in [0.1, 0.15) is 0 Å². The van der Waals surface area contributed by atoms with Crippen molar-refractivity contribution >= 4 is 21.6 Å². The van der Waals surface area contributed by atoms with E-state index >= 15 is 0 Å². The molecule has 20 heavy (non-hydrogen) atoms. The third-order valence-corrected chi connectivity index (χ3v) is 6.22. The number of nitrogens with zero attached hydrogens (tertiary/aromatic N) is 2. The Balaban J connectivity index is 1.97. The highest BCUT2D eigenvalue weighted by molar-refractivity contribution is 7.90. The fourth-order valence-electron chi connectivity index (χ4n) is 3.19. The maximum atomic E-state index is 12.9. The number of anilines is 2. The predicted molar refractivity (Wildman–Crippen MR) is 80.8 cm³/mol. The average Bonchev–Trinajstić information content (AvgIpc) is 2.75. The zero-order valence-electron chi connectivity index (χ0n) is 11.7. The summed E-state index contributed by atoms with van der Waals surface area (Å²) in [5, 5.41) is 0. The Hall–Kier alpha value is -1.27. The molecule has 1 aromatic rings. The van der Waals surface area contributed by atoms with E-state index in [2.05, 4.69) is 0 Å². The molecular weight excluding hydrogens is 274 g/mol. The molecule has 5 nitrogen and oxygen atoms in total. The van der Waals surface area contributed by atoms with Gasteiger partial charge in [0.15, 0.2) is 0 Å². The highest BCUT2D eigenvalue weighted by atomic mass is 32.2. The summed E-state index contributed by atoms with van der Waals surface area (Å²) in [5.41, 5.74) is 8.30. The molecule has 0 aromatic heterocycles. The number of hydrogen-bond donors (Lipinski definition) is 1. The highest BCUT2D eigenvalue weighted by Gasteiger charge is 2.38. The van der Waals surface area contributed by atoms with Crippen molar-refractivity contribution < 1.29 is 8.42 Å². The average molecular weight is 295 g/mol. The molecule has 6 heteroatoms. The normalized spacial score (nSPS) is 23.9. The van der Waals surface area contributed by atoms with Crippen molar-refractivity contribution in [2.75, 3.05) is 23.1 Å². The molecule has 1 saturated heterocycles. The maximum Gasteiger partial charge on any atom is 0.304 e. The molecule has 0 amide bonds. The van der Waals surface area contributed by atoms with Crippen LogP contribution in [0.2, 0.25) is 0 Å². The lowest BCUT2D eigenvalue weighted by molar-refractivity contribution is 0.344. The second-order valence-corrected chi connectivity index (χ2v) is 7.51. The van der Waals surface area contributed by atoms with Gasteiger partial charge in [-0.2, -0.15) is 12.7 Å². The van der Waals surface area contributed by atoms with E-state index in [1.165, 1.54) is 0 Å². The number of nitrogen functional groups attached to an aromatic ring is 1. The number of piperidine rings is 1. The maximum absolute atomic E-state index is 12.9. The van der Waals surface area contributed by atoms with Crippen molar-refractivity contribution in [2.45, 2.75) is 38.6 Å².